The maximum absolute atomic E-state index is 11.2. The Kier molecular flexibility index (Phi) is 6.87. The van der Waals surface area contributed by atoms with Crippen molar-refractivity contribution in [2.45, 2.75) is 20.0 Å². The Balaban J connectivity index is 2.73. The van der Waals surface area contributed by atoms with Crippen molar-refractivity contribution in [3.63, 3.8) is 0 Å². The van der Waals surface area contributed by atoms with Crippen molar-refractivity contribution < 1.29 is 25.0 Å². The molecular weight excluding hydrogens is 274 g/mol. The molecule has 21 heavy (non-hydrogen) atoms. The van der Waals surface area contributed by atoms with Crippen LogP contribution in [-0.2, 0) is 4.79 Å². The zero-order valence-corrected chi connectivity index (χ0v) is 12.1. The number of hydrogen-bond acceptors (Lipinski definition) is 5. The average Bonchev–Trinajstić information content (AvgIpc) is 2.51. The van der Waals surface area contributed by atoms with Gasteiger partial charge in [0.25, 0.3) is 5.91 Å². The third-order valence-electron chi connectivity index (χ3n) is 3.05. The second-order valence-electron chi connectivity index (χ2n) is 4.74. The quantitative estimate of drug-likeness (QED) is 0.344. The highest BCUT2D eigenvalue weighted by atomic mass is 16.5. The van der Waals surface area contributed by atoms with E-state index >= 15 is 0 Å². The number of hydrogen-bond donors (Lipinski definition) is 4. The van der Waals surface area contributed by atoms with E-state index in [2.05, 4.69) is 0 Å². The lowest BCUT2D eigenvalue weighted by Gasteiger charge is -2.17. The molecule has 0 spiro atoms. The molecule has 1 rings (SSSR count). The Morgan fingerprint density at radius 3 is 2.52 bits per heavy atom. The summed E-state index contributed by atoms with van der Waals surface area (Å²) in [5.41, 5.74) is 2.56. The van der Waals surface area contributed by atoms with Crippen LogP contribution >= 0.6 is 0 Å². The highest BCUT2D eigenvalue weighted by molar-refractivity contribution is 5.91. The van der Waals surface area contributed by atoms with E-state index in [0.29, 0.717) is 16.9 Å². The molecule has 0 heterocycles. The van der Waals surface area contributed by atoms with E-state index in [0.717, 1.165) is 0 Å². The number of ether oxygens (including phenoxy) is 1. The van der Waals surface area contributed by atoms with Gasteiger partial charge in [-0.3, -0.25) is 10.0 Å². The second kappa shape index (κ2) is 8.41. The van der Waals surface area contributed by atoms with Crippen LogP contribution in [0.25, 0.3) is 0 Å². The van der Waals surface area contributed by atoms with Crippen LogP contribution in [0, 0.1) is 5.92 Å². The lowest BCUT2D eigenvalue weighted by molar-refractivity contribution is -0.125. The van der Waals surface area contributed by atoms with E-state index in [1.807, 2.05) is 0 Å². The molecule has 6 nitrogen and oxygen atoms in total. The van der Waals surface area contributed by atoms with E-state index in [9.17, 15) is 9.90 Å². The summed E-state index contributed by atoms with van der Waals surface area (Å²) in [7, 11) is 0. The molecule has 116 valence electrons. The van der Waals surface area contributed by atoms with Crippen LogP contribution in [-0.4, -0.2) is 34.5 Å². The molecule has 0 aliphatic carbocycles. The molecule has 1 amide bonds. The monoisotopic (exact) mass is 295 g/mol. The minimum atomic E-state index is -0.779. The van der Waals surface area contributed by atoms with Crippen molar-refractivity contribution in [3.8, 4) is 5.75 Å². The molecule has 4 N–H and O–H groups in total. The Morgan fingerprint density at radius 2 is 2.00 bits per heavy atom. The summed E-state index contributed by atoms with van der Waals surface area (Å²) in [4.78, 5) is 11.2. The summed E-state index contributed by atoms with van der Waals surface area (Å²) in [6.45, 7) is 3.49. The van der Waals surface area contributed by atoms with Gasteiger partial charge in [0, 0.05) is 11.5 Å². The van der Waals surface area contributed by atoms with Crippen LogP contribution < -0.4 is 10.2 Å². The Hall–Kier alpha value is -1.89. The molecule has 0 radical (unpaired) electrons. The van der Waals surface area contributed by atoms with E-state index < -0.39 is 12.0 Å². The van der Waals surface area contributed by atoms with E-state index in [4.69, 9.17) is 15.1 Å². The summed E-state index contributed by atoms with van der Waals surface area (Å²) >= 11 is 0. The first kappa shape index (κ1) is 17.2. The summed E-state index contributed by atoms with van der Waals surface area (Å²) < 4.78 is 5.24. The number of nitrogens with one attached hydrogen (secondary N) is 1. The first-order valence-corrected chi connectivity index (χ1v) is 6.64. The molecule has 0 aliphatic heterocycles. The number of aliphatic hydroxyl groups excluding tert-OH is 2. The van der Waals surface area contributed by atoms with E-state index in [1.165, 1.54) is 0 Å². The molecule has 0 bridgehead atoms. The van der Waals surface area contributed by atoms with Crippen molar-refractivity contribution in [2.24, 2.45) is 5.92 Å². The number of hydroxylamine groups is 1. The molecule has 0 fully saturated rings. The lowest BCUT2D eigenvalue weighted by atomic mass is 9.95. The van der Waals surface area contributed by atoms with Crippen molar-refractivity contribution in [1.29, 1.82) is 0 Å². The number of benzene rings is 1. The highest BCUT2D eigenvalue weighted by Crippen LogP contribution is 2.25. The van der Waals surface area contributed by atoms with Gasteiger partial charge in [0.2, 0.25) is 0 Å². The summed E-state index contributed by atoms with van der Waals surface area (Å²) in [5.74, 6) is -0.285. The maximum Gasteiger partial charge on any atom is 0.269 e. The Bertz CT molecular complexity index is 483. The van der Waals surface area contributed by atoms with Crippen molar-refractivity contribution in [3.05, 3.63) is 41.5 Å². The summed E-state index contributed by atoms with van der Waals surface area (Å²) in [6, 6.07) is 6.86. The third kappa shape index (κ3) is 5.18. The molecule has 0 aliphatic rings. The fourth-order valence-corrected chi connectivity index (χ4v) is 1.88. The van der Waals surface area contributed by atoms with Gasteiger partial charge in [0.1, 0.15) is 12.4 Å². The van der Waals surface area contributed by atoms with Gasteiger partial charge in [-0.25, -0.2) is 5.48 Å². The Labute approximate surface area is 123 Å². The van der Waals surface area contributed by atoms with Crippen LogP contribution in [0.2, 0.25) is 0 Å². The minimum absolute atomic E-state index is 0.0571. The zero-order valence-electron chi connectivity index (χ0n) is 12.1. The van der Waals surface area contributed by atoms with E-state index in [1.54, 1.807) is 49.7 Å². The van der Waals surface area contributed by atoms with Gasteiger partial charge in [-0.1, -0.05) is 25.1 Å². The van der Waals surface area contributed by atoms with Crippen molar-refractivity contribution >= 4 is 5.91 Å². The third-order valence-corrected chi connectivity index (χ3v) is 3.05. The number of carbonyl (C=O) groups excluding carboxylic acids is 1. The molecule has 1 aromatic rings. The highest BCUT2D eigenvalue weighted by Gasteiger charge is 2.16. The molecule has 2 atom stereocenters. The van der Waals surface area contributed by atoms with Crippen LogP contribution in [0.15, 0.2) is 35.9 Å². The van der Waals surface area contributed by atoms with Crippen LogP contribution in [0.5, 0.6) is 5.75 Å². The summed E-state index contributed by atoms with van der Waals surface area (Å²) in [5, 5.41) is 27.5. The van der Waals surface area contributed by atoms with Gasteiger partial charge in [0.05, 0.1) is 12.7 Å². The smallest absolute Gasteiger partial charge is 0.269 e. The first-order chi connectivity index (χ1) is 9.99. The molecule has 0 unspecified atom stereocenters. The standard InChI is InChI=1S/C15H21NO5/c1-10(9-11(2)15(19)16-20)14(18)12-3-5-13(6-4-12)21-8-7-17/h3-6,9-10,14,17-18,20H,7-8H2,1-2H3,(H,16,19)/b11-9+/t10-,14-/m0/s1. The second-order valence-corrected chi connectivity index (χ2v) is 4.74. The first-order valence-electron chi connectivity index (χ1n) is 6.64. The number of amides is 1. The minimum Gasteiger partial charge on any atom is -0.491 e. The number of aliphatic hydroxyl groups is 2. The molecular formula is C15H21NO5. The largest absolute Gasteiger partial charge is 0.491 e. The van der Waals surface area contributed by atoms with Gasteiger partial charge in [-0.2, -0.15) is 0 Å². The Morgan fingerprint density at radius 1 is 1.38 bits per heavy atom. The van der Waals surface area contributed by atoms with Gasteiger partial charge in [-0.15, -0.1) is 0 Å². The molecule has 1 aromatic carbocycles. The summed E-state index contributed by atoms with van der Waals surface area (Å²) in [6.07, 6.45) is 0.810. The predicted molar refractivity (Wildman–Crippen MR) is 76.8 cm³/mol. The molecule has 6 heteroatoms. The average molecular weight is 295 g/mol. The normalized spacial score (nSPS) is 14.4. The van der Waals surface area contributed by atoms with E-state index in [-0.39, 0.29) is 19.1 Å². The predicted octanol–water partition coefficient (Wildman–Crippen LogP) is 1.18. The van der Waals surface area contributed by atoms with Gasteiger partial charge in [0.15, 0.2) is 0 Å². The number of rotatable bonds is 7. The molecule has 0 saturated heterocycles. The van der Waals surface area contributed by atoms with Crippen molar-refractivity contribution in [2.75, 3.05) is 13.2 Å². The molecule has 0 saturated carbocycles. The SMILES string of the molecule is C/C(=C\[C@H](C)[C@H](O)c1ccc(OCCO)cc1)C(=O)NO. The fraction of sp³-hybridized carbons (Fsp3) is 0.400. The van der Waals surface area contributed by atoms with Crippen LogP contribution in [0.3, 0.4) is 0 Å². The van der Waals surface area contributed by atoms with Crippen LogP contribution in [0.1, 0.15) is 25.5 Å². The number of carbonyl (C=O) groups is 1. The maximum atomic E-state index is 11.2. The lowest BCUT2D eigenvalue weighted by Crippen LogP contribution is -2.20. The topological polar surface area (TPSA) is 99.0 Å². The van der Waals surface area contributed by atoms with Gasteiger partial charge in [-0.05, 0) is 24.6 Å². The molecule has 0 aromatic heterocycles. The van der Waals surface area contributed by atoms with Crippen LogP contribution in [0.4, 0.5) is 0 Å². The van der Waals surface area contributed by atoms with Gasteiger partial charge >= 0.3 is 0 Å². The van der Waals surface area contributed by atoms with Gasteiger partial charge < -0.3 is 14.9 Å². The van der Waals surface area contributed by atoms with Crippen molar-refractivity contribution in [1.82, 2.24) is 5.48 Å². The fourth-order valence-electron chi connectivity index (χ4n) is 1.88. The zero-order chi connectivity index (χ0) is 15.8.